The number of piperidine rings is 1. The lowest BCUT2D eigenvalue weighted by Crippen LogP contribution is -2.53. The first-order valence-electron chi connectivity index (χ1n) is 9.68. The fourth-order valence-electron chi connectivity index (χ4n) is 4.09. The highest BCUT2D eigenvalue weighted by molar-refractivity contribution is 8.00. The van der Waals surface area contributed by atoms with Crippen LogP contribution in [0.3, 0.4) is 0 Å². The van der Waals surface area contributed by atoms with Gasteiger partial charge in [0, 0.05) is 31.0 Å². The van der Waals surface area contributed by atoms with E-state index in [-0.39, 0.29) is 16.7 Å². The van der Waals surface area contributed by atoms with Crippen molar-refractivity contribution in [1.29, 1.82) is 0 Å². The number of hydrogen-bond acceptors (Lipinski definition) is 4. The number of likely N-dealkylation sites (tertiary alicyclic amines) is 1. The topological polar surface area (TPSA) is 49.9 Å². The zero-order valence-corrected chi connectivity index (χ0v) is 17.8. The zero-order chi connectivity index (χ0) is 20.4. The molecule has 7 heteroatoms. The Labute approximate surface area is 180 Å². The maximum Gasteiger partial charge on any atom is 0.255 e. The second kappa shape index (κ2) is 8.28. The molecule has 2 aromatic carbocycles. The van der Waals surface area contributed by atoms with Gasteiger partial charge >= 0.3 is 0 Å². The summed E-state index contributed by atoms with van der Waals surface area (Å²) in [5.74, 6) is 1.57. The van der Waals surface area contributed by atoms with E-state index in [9.17, 15) is 9.59 Å². The molecule has 2 fully saturated rings. The van der Waals surface area contributed by atoms with Gasteiger partial charge in [0.15, 0.2) is 0 Å². The molecule has 2 aromatic rings. The second-order valence-electron chi connectivity index (χ2n) is 7.26. The van der Waals surface area contributed by atoms with Crippen LogP contribution >= 0.6 is 23.4 Å². The number of rotatable bonds is 3. The van der Waals surface area contributed by atoms with E-state index in [1.165, 1.54) is 0 Å². The molecule has 2 saturated heterocycles. The van der Waals surface area contributed by atoms with Gasteiger partial charge in [0.1, 0.15) is 5.75 Å². The molecule has 0 unspecified atom stereocenters. The van der Waals surface area contributed by atoms with Crippen LogP contribution in [0, 0.1) is 0 Å². The molecule has 152 valence electrons. The summed E-state index contributed by atoms with van der Waals surface area (Å²) < 4.78 is 5.27. The number of ether oxygens (including phenoxy) is 1. The SMILES string of the molecule is COc1cccc(C(=O)N2CCSC23CCN(C(=O)c2ccccc2Cl)CC3)c1. The summed E-state index contributed by atoms with van der Waals surface area (Å²) in [7, 11) is 1.60. The molecule has 0 saturated carbocycles. The van der Waals surface area contributed by atoms with Crippen molar-refractivity contribution in [1.82, 2.24) is 9.80 Å². The standard InChI is InChI=1S/C22H23ClN2O3S/c1-28-17-6-4-5-16(15-17)20(26)25-13-14-29-22(25)9-11-24(12-10-22)21(27)18-7-2-3-8-19(18)23/h2-8,15H,9-14H2,1H3. The van der Waals surface area contributed by atoms with E-state index in [1.807, 2.05) is 51.9 Å². The van der Waals surface area contributed by atoms with Gasteiger partial charge in [0.2, 0.25) is 0 Å². The molecule has 0 N–H and O–H groups in total. The first-order chi connectivity index (χ1) is 14.0. The third kappa shape index (κ3) is 3.83. The van der Waals surface area contributed by atoms with Crippen LogP contribution in [0.25, 0.3) is 0 Å². The Morgan fingerprint density at radius 1 is 1.03 bits per heavy atom. The fraction of sp³-hybridized carbons (Fsp3) is 0.364. The Hall–Kier alpha value is -2.18. The summed E-state index contributed by atoms with van der Waals surface area (Å²) in [6.07, 6.45) is 1.51. The van der Waals surface area contributed by atoms with Crippen LogP contribution < -0.4 is 4.74 Å². The van der Waals surface area contributed by atoms with E-state index in [1.54, 1.807) is 25.3 Å². The minimum absolute atomic E-state index is 0.0276. The molecule has 2 aliphatic rings. The van der Waals surface area contributed by atoms with Crippen LogP contribution in [0.5, 0.6) is 5.75 Å². The van der Waals surface area contributed by atoms with Crippen molar-refractivity contribution in [3.63, 3.8) is 0 Å². The Bertz CT molecular complexity index is 928. The highest BCUT2D eigenvalue weighted by Crippen LogP contribution is 2.45. The third-order valence-corrected chi connectivity index (χ3v) is 7.56. The molecule has 2 amide bonds. The van der Waals surface area contributed by atoms with Crippen molar-refractivity contribution in [3.8, 4) is 5.75 Å². The molecule has 2 aliphatic heterocycles. The summed E-state index contributed by atoms with van der Waals surface area (Å²) in [6.45, 7) is 1.94. The predicted molar refractivity (Wildman–Crippen MR) is 116 cm³/mol. The number of hydrogen-bond donors (Lipinski definition) is 0. The normalized spacial score (nSPS) is 18.1. The molecule has 1 spiro atoms. The van der Waals surface area contributed by atoms with Crippen LogP contribution in [-0.4, -0.2) is 59.0 Å². The molecule has 0 bridgehead atoms. The van der Waals surface area contributed by atoms with Gasteiger partial charge in [-0.15, -0.1) is 11.8 Å². The lowest BCUT2D eigenvalue weighted by Gasteiger charge is -2.44. The zero-order valence-electron chi connectivity index (χ0n) is 16.3. The number of thioether (sulfide) groups is 1. The maximum atomic E-state index is 13.2. The first kappa shape index (κ1) is 20.1. The van der Waals surface area contributed by atoms with Gasteiger partial charge < -0.3 is 14.5 Å². The van der Waals surface area contributed by atoms with E-state index in [0.717, 1.165) is 25.1 Å². The van der Waals surface area contributed by atoms with E-state index < -0.39 is 0 Å². The van der Waals surface area contributed by atoms with Gasteiger partial charge in [-0.05, 0) is 43.2 Å². The van der Waals surface area contributed by atoms with Crippen LogP contribution in [0.2, 0.25) is 5.02 Å². The Balaban J connectivity index is 1.48. The van der Waals surface area contributed by atoms with Gasteiger partial charge in [0.05, 0.1) is 22.6 Å². The third-order valence-electron chi connectivity index (χ3n) is 5.68. The van der Waals surface area contributed by atoms with Gasteiger partial charge in [-0.25, -0.2) is 0 Å². The van der Waals surface area contributed by atoms with Crippen LogP contribution in [0.1, 0.15) is 33.6 Å². The average molecular weight is 431 g/mol. The average Bonchev–Trinajstić information content (AvgIpc) is 3.16. The van der Waals surface area contributed by atoms with Gasteiger partial charge in [-0.1, -0.05) is 29.8 Å². The summed E-state index contributed by atoms with van der Waals surface area (Å²) in [4.78, 5) is 29.7. The van der Waals surface area contributed by atoms with Crippen LogP contribution in [-0.2, 0) is 0 Å². The number of methoxy groups -OCH3 is 1. The molecule has 0 radical (unpaired) electrons. The molecular weight excluding hydrogens is 408 g/mol. The summed E-state index contributed by atoms with van der Waals surface area (Å²) in [5.41, 5.74) is 1.18. The Kier molecular flexibility index (Phi) is 5.74. The quantitative estimate of drug-likeness (QED) is 0.733. The number of nitrogens with zero attached hydrogens (tertiary/aromatic N) is 2. The molecule has 0 atom stereocenters. The van der Waals surface area contributed by atoms with Crippen LogP contribution in [0.4, 0.5) is 0 Å². The highest BCUT2D eigenvalue weighted by Gasteiger charge is 2.47. The predicted octanol–water partition coefficient (Wildman–Crippen LogP) is 4.17. The molecule has 2 heterocycles. The highest BCUT2D eigenvalue weighted by atomic mass is 35.5. The van der Waals surface area contributed by atoms with E-state index in [0.29, 0.717) is 35.0 Å². The van der Waals surface area contributed by atoms with Crippen molar-refractivity contribution in [3.05, 3.63) is 64.7 Å². The molecule has 4 rings (SSSR count). The van der Waals surface area contributed by atoms with E-state index >= 15 is 0 Å². The van der Waals surface area contributed by atoms with Gasteiger partial charge in [0.25, 0.3) is 11.8 Å². The minimum Gasteiger partial charge on any atom is -0.497 e. The summed E-state index contributed by atoms with van der Waals surface area (Å²) >= 11 is 8.03. The number of benzene rings is 2. The van der Waals surface area contributed by atoms with Crippen LogP contribution in [0.15, 0.2) is 48.5 Å². The second-order valence-corrected chi connectivity index (χ2v) is 9.12. The van der Waals surface area contributed by atoms with E-state index in [2.05, 4.69) is 0 Å². The maximum absolute atomic E-state index is 13.2. The van der Waals surface area contributed by atoms with E-state index in [4.69, 9.17) is 16.3 Å². The summed E-state index contributed by atoms with van der Waals surface area (Å²) in [6, 6.07) is 14.4. The fourth-order valence-corrected chi connectivity index (χ4v) is 5.76. The smallest absolute Gasteiger partial charge is 0.255 e. The van der Waals surface area contributed by atoms with Crippen molar-refractivity contribution >= 4 is 35.2 Å². The van der Waals surface area contributed by atoms with Crippen molar-refractivity contribution < 1.29 is 14.3 Å². The summed E-state index contributed by atoms with van der Waals surface area (Å²) in [5, 5.41) is 0.475. The number of amides is 2. The minimum atomic E-state index is -0.253. The molecule has 0 aromatic heterocycles. The van der Waals surface area contributed by atoms with Gasteiger partial charge in [-0.2, -0.15) is 0 Å². The van der Waals surface area contributed by atoms with Crippen molar-refractivity contribution in [2.75, 3.05) is 32.5 Å². The Morgan fingerprint density at radius 3 is 2.52 bits per heavy atom. The molecule has 0 aliphatic carbocycles. The van der Waals surface area contributed by atoms with Crippen molar-refractivity contribution in [2.45, 2.75) is 17.7 Å². The molecule has 5 nitrogen and oxygen atoms in total. The monoisotopic (exact) mass is 430 g/mol. The number of halogens is 1. The number of carbonyl (C=O) groups is 2. The Morgan fingerprint density at radius 2 is 1.79 bits per heavy atom. The lowest BCUT2D eigenvalue weighted by molar-refractivity contribution is 0.0497. The van der Waals surface area contributed by atoms with Crippen molar-refractivity contribution in [2.24, 2.45) is 0 Å². The van der Waals surface area contributed by atoms with Gasteiger partial charge in [-0.3, -0.25) is 9.59 Å². The largest absolute Gasteiger partial charge is 0.497 e. The first-order valence-corrected chi connectivity index (χ1v) is 11.0. The molecule has 29 heavy (non-hydrogen) atoms. The number of carbonyl (C=O) groups excluding carboxylic acids is 2. The lowest BCUT2D eigenvalue weighted by atomic mass is 10.00. The molecular formula is C22H23ClN2O3S.